The number of hydrogen-bond acceptors (Lipinski definition) is 4. The van der Waals surface area contributed by atoms with Crippen LogP contribution >= 0.6 is 0 Å². The third-order valence-corrected chi connectivity index (χ3v) is 3.32. The van der Waals surface area contributed by atoms with E-state index < -0.39 is 11.8 Å². The van der Waals surface area contributed by atoms with Gasteiger partial charge in [0.15, 0.2) is 0 Å². The van der Waals surface area contributed by atoms with Gasteiger partial charge in [-0.05, 0) is 37.6 Å². The van der Waals surface area contributed by atoms with Crippen molar-refractivity contribution in [2.24, 2.45) is 5.92 Å². The lowest BCUT2D eigenvalue weighted by molar-refractivity contribution is -0.120. The minimum atomic E-state index is -0.648. The van der Waals surface area contributed by atoms with Gasteiger partial charge in [0, 0.05) is 6.54 Å². The molecule has 0 aliphatic carbocycles. The molecule has 0 spiro atoms. The second kappa shape index (κ2) is 6.47. The van der Waals surface area contributed by atoms with Crippen molar-refractivity contribution >= 4 is 17.6 Å². The van der Waals surface area contributed by atoms with Crippen LogP contribution in [0.2, 0.25) is 0 Å². The van der Waals surface area contributed by atoms with Crippen molar-refractivity contribution in [1.82, 2.24) is 5.32 Å². The lowest BCUT2D eigenvalue weighted by atomic mass is 9.99. The molecule has 0 unspecified atom stereocenters. The lowest BCUT2D eigenvalue weighted by Crippen LogP contribution is -2.37. The number of benzene rings is 1. The Balaban J connectivity index is 2.05. The Labute approximate surface area is 116 Å². The molecule has 1 amide bonds. The van der Waals surface area contributed by atoms with Gasteiger partial charge in [0.2, 0.25) is 5.91 Å². The molecule has 2 rings (SSSR count). The minimum Gasteiger partial charge on any atom is -0.465 e. The van der Waals surface area contributed by atoms with Gasteiger partial charge in [-0.3, -0.25) is 4.79 Å². The number of amides is 1. The monoisotopic (exact) mass is 280 g/mol. The average Bonchev–Trinajstić information content (AvgIpc) is 2.49. The molecular formula is C14H17FN2O3. The molecule has 6 heteroatoms. The Morgan fingerprint density at radius 2 is 2.25 bits per heavy atom. The summed E-state index contributed by atoms with van der Waals surface area (Å²) < 4.78 is 18.3. The number of nitrogens with one attached hydrogen (secondary N) is 2. The van der Waals surface area contributed by atoms with E-state index in [1.54, 1.807) is 0 Å². The van der Waals surface area contributed by atoms with Crippen LogP contribution in [0.25, 0.3) is 0 Å². The summed E-state index contributed by atoms with van der Waals surface area (Å²) in [5.74, 6) is -1.62. The van der Waals surface area contributed by atoms with Crippen LogP contribution in [-0.4, -0.2) is 32.1 Å². The molecule has 1 atom stereocenters. The first-order valence-corrected chi connectivity index (χ1v) is 6.51. The topological polar surface area (TPSA) is 67.4 Å². The van der Waals surface area contributed by atoms with Crippen LogP contribution in [0.5, 0.6) is 0 Å². The average molecular weight is 280 g/mol. The predicted molar refractivity (Wildman–Crippen MR) is 72.0 cm³/mol. The molecule has 2 N–H and O–H groups in total. The fourth-order valence-corrected chi connectivity index (χ4v) is 2.17. The van der Waals surface area contributed by atoms with E-state index in [1.807, 2.05) is 0 Å². The molecule has 20 heavy (non-hydrogen) atoms. The summed E-state index contributed by atoms with van der Waals surface area (Å²) in [4.78, 5) is 23.2. The molecule has 1 aromatic carbocycles. The van der Waals surface area contributed by atoms with Crippen molar-refractivity contribution in [3.63, 3.8) is 0 Å². The van der Waals surface area contributed by atoms with Gasteiger partial charge in [0.1, 0.15) is 5.82 Å². The van der Waals surface area contributed by atoms with Crippen LogP contribution in [-0.2, 0) is 9.53 Å². The summed E-state index contributed by atoms with van der Waals surface area (Å²) in [6.07, 6.45) is 1.72. The number of ether oxygens (including phenoxy) is 1. The quantitative estimate of drug-likeness (QED) is 0.824. The highest BCUT2D eigenvalue weighted by Crippen LogP contribution is 2.19. The highest BCUT2D eigenvalue weighted by Gasteiger charge is 2.22. The first-order chi connectivity index (χ1) is 9.61. The first-order valence-electron chi connectivity index (χ1n) is 6.51. The standard InChI is InChI=1S/C14H17FN2O3/c1-20-14(19)9-4-5-12(11(15)7-9)17-13(18)10-3-2-6-16-8-10/h4-5,7,10,16H,2-3,6,8H2,1H3,(H,17,18)/t10-/m1/s1. The Bertz CT molecular complexity index is 513. The highest BCUT2D eigenvalue weighted by atomic mass is 19.1. The molecule has 1 fully saturated rings. The molecule has 1 aliphatic heterocycles. The third-order valence-electron chi connectivity index (χ3n) is 3.32. The van der Waals surface area contributed by atoms with E-state index in [0.717, 1.165) is 25.5 Å². The Hall–Kier alpha value is -1.95. The second-order valence-corrected chi connectivity index (χ2v) is 4.72. The molecule has 1 heterocycles. The number of halogens is 1. The van der Waals surface area contributed by atoms with Gasteiger partial charge in [0.05, 0.1) is 24.3 Å². The number of piperidine rings is 1. The van der Waals surface area contributed by atoms with E-state index in [-0.39, 0.29) is 23.1 Å². The van der Waals surface area contributed by atoms with Crippen molar-refractivity contribution < 1.29 is 18.7 Å². The molecular weight excluding hydrogens is 263 g/mol. The number of hydrogen-bond donors (Lipinski definition) is 2. The summed E-state index contributed by atoms with van der Waals surface area (Å²) in [7, 11) is 1.23. The van der Waals surface area contributed by atoms with Crippen LogP contribution < -0.4 is 10.6 Å². The van der Waals surface area contributed by atoms with Crippen molar-refractivity contribution in [2.75, 3.05) is 25.5 Å². The van der Waals surface area contributed by atoms with Gasteiger partial charge in [-0.2, -0.15) is 0 Å². The maximum absolute atomic E-state index is 13.8. The fraction of sp³-hybridized carbons (Fsp3) is 0.429. The zero-order chi connectivity index (χ0) is 14.5. The van der Waals surface area contributed by atoms with E-state index in [9.17, 15) is 14.0 Å². The van der Waals surface area contributed by atoms with Crippen LogP contribution in [0.15, 0.2) is 18.2 Å². The molecule has 5 nitrogen and oxygen atoms in total. The molecule has 1 saturated heterocycles. The van der Waals surface area contributed by atoms with Gasteiger partial charge in [-0.1, -0.05) is 0 Å². The van der Waals surface area contributed by atoms with E-state index in [4.69, 9.17) is 0 Å². The maximum atomic E-state index is 13.8. The van der Waals surface area contributed by atoms with Crippen molar-refractivity contribution in [3.8, 4) is 0 Å². The largest absolute Gasteiger partial charge is 0.465 e. The molecule has 108 valence electrons. The molecule has 0 saturated carbocycles. The van der Waals surface area contributed by atoms with Crippen molar-refractivity contribution in [2.45, 2.75) is 12.8 Å². The van der Waals surface area contributed by atoms with Crippen LogP contribution in [0.3, 0.4) is 0 Å². The smallest absolute Gasteiger partial charge is 0.337 e. The molecule has 0 bridgehead atoms. The summed E-state index contributed by atoms with van der Waals surface area (Å²) in [5.41, 5.74) is 0.190. The van der Waals surface area contributed by atoms with Crippen molar-refractivity contribution in [3.05, 3.63) is 29.6 Å². The maximum Gasteiger partial charge on any atom is 0.337 e. The Morgan fingerprint density at radius 1 is 1.45 bits per heavy atom. The van der Waals surface area contributed by atoms with Gasteiger partial charge in [-0.15, -0.1) is 0 Å². The molecule has 0 aromatic heterocycles. The second-order valence-electron chi connectivity index (χ2n) is 4.72. The van der Waals surface area contributed by atoms with Gasteiger partial charge in [-0.25, -0.2) is 9.18 Å². The lowest BCUT2D eigenvalue weighted by Gasteiger charge is -2.22. The van der Waals surface area contributed by atoms with Gasteiger partial charge in [0.25, 0.3) is 0 Å². The first kappa shape index (κ1) is 14.5. The summed E-state index contributed by atoms with van der Waals surface area (Å²) >= 11 is 0. The number of carbonyl (C=O) groups excluding carboxylic acids is 2. The summed E-state index contributed by atoms with van der Waals surface area (Å²) in [6, 6.07) is 3.85. The zero-order valence-corrected chi connectivity index (χ0v) is 11.2. The van der Waals surface area contributed by atoms with Gasteiger partial charge < -0.3 is 15.4 Å². The Morgan fingerprint density at radius 3 is 2.85 bits per heavy atom. The minimum absolute atomic E-state index is 0.0771. The molecule has 0 radical (unpaired) electrons. The number of esters is 1. The zero-order valence-electron chi connectivity index (χ0n) is 11.2. The summed E-state index contributed by atoms with van der Waals surface area (Å²) in [5, 5.41) is 5.69. The number of anilines is 1. The Kier molecular flexibility index (Phi) is 4.68. The fourth-order valence-electron chi connectivity index (χ4n) is 2.17. The number of rotatable bonds is 3. The molecule has 1 aromatic rings. The van der Waals surface area contributed by atoms with E-state index in [1.165, 1.54) is 19.2 Å². The van der Waals surface area contributed by atoms with Crippen molar-refractivity contribution in [1.29, 1.82) is 0 Å². The molecule has 1 aliphatic rings. The predicted octanol–water partition coefficient (Wildman–Crippen LogP) is 1.55. The van der Waals surface area contributed by atoms with E-state index in [0.29, 0.717) is 6.54 Å². The number of methoxy groups -OCH3 is 1. The summed E-state index contributed by atoms with van der Waals surface area (Å²) in [6.45, 7) is 1.51. The van der Waals surface area contributed by atoms with Crippen LogP contribution in [0.4, 0.5) is 10.1 Å². The van der Waals surface area contributed by atoms with Crippen LogP contribution in [0.1, 0.15) is 23.2 Å². The van der Waals surface area contributed by atoms with Crippen LogP contribution in [0, 0.1) is 11.7 Å². The van der Waals surface area contributed by atoms with Gasteiger partial charge >= 0.3 is 5.97 Å². The van der Waals surface area contributed by atoms with E-state index in [2.05, 4.69) is 15.4 Å². The highest BCUT2D eigenvalue weighted by molar-refractivity contribution is 5.94. The SMILES string of the molecule is COC(=O)c1ccc(NC(=O)[C@@H]2CCCNC2)c(F)c1. The van der Waals surface area contributed by atoms with E-state index >= 15 is 0 Å². The number of carbonyl (C=O) groups is 2. The third kappa shape index (κ3) is 3.33. The normalized spacial score (nSPS) is 18.4.